The van der Waals surface area contributed by atoms with Gasteiger partial charge in [0.15, 0.2) is 0 Å². The van der Waals surface area contributed by atoms with Crippen LogP contribution in [0.5, 0.6) is 0 Å². The molecule has 0 bridgehead atoms. The maximum Gasteiger partial charge on any atom is 0.335 e. The van der Waals surface area contributed by atoms with E-state index in [4.69, 9.17) is 9.84 Å². The van der Waals surface area contributed by atoms with Gasteiger partial charge in [0.1, 0.15) is 5.82 Å². The van der Waals surface area contributed by atoms with E-state index in [0.29, 0.717) is 31.3 Å². The summed E-state index contributed by atoms with van der Waals surface area (Å²) >= 11 is 0. The third kappa shape index (κ3) is 4.58. The molecule has 0 aliphatic heterocycles. The second-order valence-electron chi connectivity index (χ2n) is 4.83. The van der Waals surface area contributed by atoms with E-state index in [0.717, 1.165) is 12.5 Å². The van der Waals surface area contributed by atoms with E-state index in [1.165, 1.54) is 6.07 Å². The Balaban J connectivity index is 2.84. The first kappa shape index (κ1) is 16.6. The third-order valence-corrected chi connectivity index (χ3v) is 3.47. The Labute approximate surface area is 119 Å². The first-order valence-corrected chi connectivity index (χ1v) is 6.74. The Hall–Kier alpha value is -1.46. The third-order valence-electron chi connectivity index (χ3n) is 3.47. The normalized spacial score (nSPS) is 12.7. The molecule has 5 heteroatoms. The number of carbonyl (C=O) groups is 1. The van der Waals surface area contributed by atoms with Crippen LogP contribution in [0.4, 0.5) is 4.39 Å². The van der Waals surface area contributed by atoms with Gasteiger partial charge in [-0.3, -0.25) is 4.90 Å². The fourth-order valence-electron chi connectivity index (χ4n) is 1.95. The maximum absolute atomic E-state index is 13.9. The maximum atomic E-state index is 13.9. The van der Waals surface area contributed by atoms with Gasteiger partial charge in [0.05, 0.1) is 12.2 Å². The molecule has 0 amide bonds. The van der Waals surface area contributed by atoms with Crippen molar-refractivity contribution in [3.8, 4) is 0 Å². The van der Waals surface area contributed by atoms with Crippen LogP contribution in [0, 0.1) is 5.82 Å². The lowest BCUT2D eigenvalue weighted by Crippen LogP contribution is -2.35. The lowest BCUT2D eigenvalue weighted by Gasteiger charge is -2.28. The zero-order chi connectivity index (χ0) is 15.1. The summed E-state index contributed by atoms with van der Waals surface area (Å²) in [6.45, 7) is 5.91. The minimum absolute atomic E-state index is 0.0294. The zero-order valence-corrected chi connectivity index (χ0v) is 12.2. The Morgan fingerprint density at radius 2 is 2.20 bits per heavy atom. The van der Waals surface area contributed by atoms with E-state index in [1.807, 2.05) is 0 Å². The van der Waals surface area contributed by atoms with Gasteiger partial charge < -0.3 is 9.84 Å². The van der Waals surface area contributed by atoms with Crippen molar-refractivity contribution in [2.45, 2.75) is 32.9 Å². The van der Waals surface area contributed by atoms with Crippen molar-refractivity contribution in [2.24, 2.45) is 0 Å². The first-order chi connectivity index (χ1) is 9.49. The summed E-state index contributed by atoms with van der Waals surface area (Å²) in [7, 11) is 1.64. The van der Waals surface area contributed by atoms with Crippen LogP contribution in [-0.2, 0) is 11.3 Å². The summed E-state index contributed by atoms with van der Waals surface area (Å²) in [4.78, 5) is 12.9. The molecule has 0 spiro atoms. The van der Waals surface area contributed by atoms with E-state index in [9.17, 15) is 9.18 Å². The second-order valence-corrected chi connectivity index (χ2v) is 4.83. The van der Waals surface area contributed by atoms with E-state index in [-0.39, 0.29) is 5.56 Å². The van der Waals surface area contributed by atoms with Gasteiger partial charge in [0.25, 0.3) is 0 Å². The summed E-state index contributed by atoms with van der Waals surface area (Å²) in [5.74, 6) is -1.59. The molecule has 0 saturated heterocycles. The minimum Gasteiger partial charge on any atom is -0.478 e. The number of aromatic carboxylic acids is 1. The highest BCUT2D eigenvalue weighted by molar-refractivity contribution is 5.87. The number of halogens is 1. The fraction of sp³-hybridized carbons (Fsp3) is 0.533. The number of carboxylic acids is 1. The molecule has 0 saturated carbocycles. The predicted octanol–water partition coefficient (Wildman–Crippen LogP) is 2.77. The van der Waals surface area contributed by atoms with Gasteiger partial charge in [-0.25, -0.2) is 9.18 Å². The molecule has 0 aliphatic rings. The number of ether oxygens (including phenoxy) is 1. The van der Waals surface area contributed by atoms with Crippen LogP contribution in [0.3, 0.4) is 0 Å². The Morgan fingerprint density at radius 1 is 1.50 bits per heavy atom. The Kier molecular flexibility index (Phi) is 6.61. The molecule has 112 valence electrons. The number of hydrogen-bond acceptors (Lipinski definition) is 3. The molecular formula is C15H22FNO3. The number of hydrogen-bond donors (Lipinski definition) is 1. The standard InChI is InChI=1S/C15H22FNO3/c1-4-11(2)17(7-8-20-3)10-13-6-5-12(15(18)19)9-14(13)16/h5-6,9,11H,4,7-8,10H2,1-3H3,(H,18,19). The molecule has 1 aromatic rings. The van der Waals surface area contributed by atoms with Crippen molar-refractivity contribution in [1.29, 1.82) is 0 Å². The average molecular weight is 283 g/mol. The molecule has 0 fully saturated rings. The number of nitrogens with zero attached hydrogens (tertiary/aromatic N) is 1. The van der Waals surface area contributed by atoms with Crippen molar-refractivity contribution >= 4 is 5.97 Å². The minimum atomic E-state index is -1.12. The second kappa shape index (κ2) is 7.97. The number of methoxy groups -OCH3 is 1. The molecule has 20 heavy (non-hydrogen) atoms. The van der Waals surface area contributed by atoms with Gasteiger partial charge in [-0.1, -0.05) is 13.0 Å². The Bertz CT molecular complexity index is 451. The van der Waals surface area contributed by atoms with Crippen molar-refractivity contribution < 1.29 is 19.0 Å². The molecule has 0 aliphatic carbocycles. The molecule has 1 aromatic carbocycles. The van der Waals surface area contributed by atoms with E-state index < -0.39 is 11.8 Å². The monoisotopic (exact) mass is 283 g/mol. The van der Waals surface area contributed by atoms with E-state index in [1.54, 1.807) is 13.2 Å². The summed E-state index contributed by atoms with van der Waals surface area (Å²) in [6, 6.07) is 4.36. The van der Waals surface area contributed by atoms with E-state index >= 15 is 0 Å². The molecule has 0 aromatic heterocycles. The molecule has 1 N–H and O–H groups in total. The van der Waals surface area contributed by atoms with Gasteiger partial charge >= 0.3 is 5.97 Å². The first-order valence-electron chi connectivity index (χ1n) is 6.74. The van der Waals surface area contributed by atoms with Gasteiger partial charge in [-0.2, -0.15) is 0 Å². The van der Waals surface area contributed by atoms with Crippen molar-refractivity contribution in [3.63, 3.8) is 0 Å². The van der Waals surface area contributed by atoms with Crippen LogP contribution in [-0.4, -0.2) is 42.3 Å². The lowest BCUT2D eigenvalue weighted by molar-refractivity contribution is 0.0696. The predicted molar refractivity (Wildman–Crippen MR) is 75.4 cm³/mol. The van der Waals surface area contributed by atoms with Crippen LogP contribution in [0.1, 0.15) is 36.2 Å². The molecular weight excluding hydrogens is 261 g/mol. The Morgan fingerprint density at radius 3 is 2.70 bits per heavy atom. The van der Waals surface area contributed by atoms with Gasteiger partial charge in [0, 0.05) is 31.8 Å². The highest BCUT2D eigenvalue weighted by Crippen LogP contribution is 2.15. The largest absolute Gasteiger partial charge is 0.478 e. The fourth-order valence-corrected chi connectivity index (χ4v) is 1.95. The SMILES string of the molecule is CCC(C)N(CCOC)Cc1ccc(C(=O)O)cc1F. The van der Waals surface area contributed by atoms with Crippen LogP contribution >= 0.6 is 0 Å². The van der Waals surface area contributed by atoms with Crippen molar-refractivity contribution in [1.82, 2.24) is 4.90 Å². The quantitative estimate of drug-likeness (QED) is 0.797. The molecule has 0 radical (unpaired) electrons. The van der Waals surface area contributed by atoms with Gasteiger partial charge in [-0.05, 0) is 25.5 Å². The summed E-state index contributed by atoms with van der Waals surface area (Å²) < 4.78 is 19.0. The molecule has 1 rings (SSSR count). The smallest absolute Gasteiger partial charge is 0.335 e. The lowest BCUT2D eigenvalue weighted by atomic mass is 10.1. The highest BCUT2D eigenvalue weighted by atomic mass is 19.1. The van der Waals surface area contributed by atoms with Crippen LogP contribution < -0.4 is 0 Å². The molecule has 0 heterocycles. The van der Waals surface area contributed by atoms with Crippen LogP contribution in [0.15, 0.2) is 18.2 Å². The zero-order valence-electron chi connectivity index (χ0n) is 12.2. The highest BCUT2D eigenvalue weighted by Gasteiger charge is 2.15. The van der Waals surface area contributed by atoms with Crippen molar-refractivity contribution in [2.75, 3.05) is 20.3 Å². The van der Waals surface area contributed by atoms with Gasteiger partial charge in [-0.15, -0.1) is 0 Å². The van der Waals surface area contributed by atoms with E-state index in [2.05, 4.69) is 18.7 Å². The number of rotatable bonds is 8. The summed E-state index contributed by atoms with van der Waals surface area (Å²) in [5.41, 5.74) is 0.477. The molecule has 1 unspecified atom stereocenters. The van der Waals surface area contributed by atoms with Crippen molar-refractivity contribution in [3.05, 3.63) is 35.1 Å². The molecule has 1 atom stereocenters. The average Bonchev–Trinajstić information content (AvgIpc) is 2.43. The molecule has 4 nitrogen and oxygen atoms in total. The topological polar surface area (TPSA) is 49.8 Å². The summed E-state index contributed by atoms with van der Waals surface area (Å²) in [5, 5.41) is 8.83. The number of carboxylic acid groups (broad SMARTS) is 1. The van der Waals surface area contributed by atoms with Crippen LogP contribution in [0.2, 0.25) is 0 Å². The van der Waals surface area contributed by atoms with Gasteiger partial charge in [0.2, 0.25) is 0 Å². The number of benzene rings is 1. The van der Waals surface area contributed by atoms with Crippen LogP contribution in [0.25, 0.3) is 0 Å². The summed E-state index contributed by atoms with van der Waals surface area (Å²) in [6.07, 6.45) is 0.957.